The molecule has 0 spiro atoms. The molecule has 2 aromatic rings. The molecule has 34 heavy (non-hydrogen) atoms. The van der Waals surface area contributed by atoms with Gasteiger partial charge in [-0.2, -0.15) is 5.26 Å². The second-order valence-electron chi connectivity index (χ2n) is 7.40. The molecule has 2 N–H and O–H groups in total. The third kappa shape index (κ3) is 4.41. The molecule has 2 aliphatic rings. The van der Waals surface area contributed by atoms with Gasteiger partial charge < -0.3 is 10.5 Å². The molecule has 1 aromatic carbocycles. The van der Waals surface area contributed by atoms with Crippen molar-refractivity contribution in [2.75, 3.05) is 17.3 Å². The number of Topliss-reactive ketones (excluding diaryl/α,β-unsaturated/α-hetero) is 1. The second kappa shape index (κ2) is 10.1. The lowest BCUT2D eigenvalue weighted by Gasteiger charge is -2.38. The molecule has 1 unspecified atom stereocenters. The molecule has 0 radical (unpaired) electrons. The van der Waals surface area contributed by atoms with E-state index in [0.717, 1.165) is 11.8 Å². The van der Waals surface area contributed by atoms with Crippen molar-refractivity contribution in [3.8, 4) is 6.07 Å². The summed E-state index contributed by atoms with van der Waals surface area (Å²) in [7, 11) is 0. The van der Waals surface area contributed by atoms with E-state index in [1.165, 1.54) is 29.5 Å². The number of rotatable bonds is 6. The summed E-state index contributed by atoms with van der Waals surface area (Å²) in [5.74, 6) is -2.09. The van der Waals surface area contributed by atoms with Crippen molar-refractivity contribution in [2.45, 2.75) is 36.4 Å². The van der Waals surface area contributed by atoms with Gasteiger partial charge in [-0.1, -0.05) is 40.8 Å². The van der Waals surface area contributed by atoms with Gasteiger partial charge in [0.15, 0.2) is 10.1 Å². The zero-order valence-corrected chi connectivity index (χ0v) is 20.4. The number of hydrogen-bond acceptors (Lipinski definition) is 10. The van der Waals surface area contributed by atoms with Gasteiger partial charge in [0.25, 0.3) is 0 Å². The molecule has 1 aromatic heterocycles. The largest absolute Gasteiger partial charge is 0.465 e. The molecule has 176 valence electrons. The summed E-state index contributed by atoms with van der Waals surface area (Å²) in [6.07, 6.45) is 1.32. The Morgan fingerprint density at radius 3 is 2.94 bits per heavy atom. The Labute approximate surface area is 208 Å². The Bertz CT molecular complexity index is 1250. The smallest absolute Gasteiger partial charge is 0.316 e. The zero-order chi connectivity index (χ0) is 24.4. The normalized spacial score (nSPS) is 18.1. The first kappa shape index (κ1) is 24.2. The van der Waals surface area contributed by atoms with E-state index in [1.54, 1.807) is 11.8 Å². The number of benzene rings is 1. The van der Waals surface area contributed by atoms with E-state index in [-0.39, 0.29) is 52.5 Å². The number of carbonyl (C=O) groups is 2. The summed E-state index contributed by atoms with van der Waals surface area (Å²) >= 11 is 8.66. The van der Waals surface area contributed by atoms with Crippen LogP contribution < -0.4 is 10.6 Å². The average molecular weight is 520 g/mol. The highest BCUT2D eigenvalue weighted by Crippen LogP contribution is 2.48. The van der Waals surface area contributed by atoms with Crippen LogP contribution >= 0.6 is 34.7 Å². The highest BCUT2D eigenvalue weighted by molar-refractivity contribution is 8.01. The van der Waals surface area contributed by atoms with Crippen molar-refractivity contribution >= 4 is 51.6 Å². The number of ketones is 1. The Morgan fingerprint density at radius 2 is 2.24 bits per heavy atom. The summed E-state index contributed by atoms with van der Waals surface area (Å²) in [6, 6.07) is 6.28. The number of esters is 1. The predicted molar refractivity (Wildman–Crippen MR) is 127 cm³/mol. The summed E-state index contributed by atoms with van der Waals surface area (Å²) in [5, 5.41) is 18.8. The molecule has 1 aliphatic carbocycles. The predicted octanol–water partition coefficient (Wildman–Crippen LogP) is 4.29. The van der Waals surface area contributed by atoms with Crippen molar-refractivity contribution in [3.05, 3.63) is 57.3 Å². The van der Waals surface area contributed by atoms with Gasteiger partial charge in [0, 0.05) is 28.3 Å². The zero-order valence-electron chi connectivity index (χ0n) is 18.0. The summed E-state index contributed by atoms with van der Waals surface area (Å²) in [6.45, 7) is 2.01. The number of allylic oxidation sites excluding steroid dienone is 3. The number of thioether (sulfide) groups is 1. The van der Waals surface area contributed by atoms with Crippen molar-refractivity contribution in [1.82, 2.24) is 10.2 Å². The Morgan fingerprint density at radius 1 is 1.44 bits per heavy atom. The third-order valence-corrected chi connectivity index (χ3v) is 7.75. The number of carbonyl (C=O) groups excluding carboxylic acids is 2. The Kier molecular flexibility index (Phi) is 7.21. The summed E-state index contributed by atoms with van der Waals surface area (Å²) in [5.41, 5.74) is 7.35. The van der Waals surface area contributed by atoms with Gasteiger partial charge in [-0.3, -0.25) is 14.5 Å². The van der Waals surface area contributed by atoms with E-state index in [9.17, 15) is 19.2 Å². The SMILES string of the molecule is CCOC(=O)CSc1nnc(N2C(N)=C(C#N)C(c3c(F)cccc3Cl)C3=C2CCCC3=O)s1. The first-order valence-corrected chi connectivity index (χ1v) is 12.6. The minimum atomic E-state index is -1.01. The molecule has 4 rings (SSSR count). The van der Waals surface area contributed by atoms with Gasteiger partial charge in [-0.05, 0) is 31.9 Å². The van der Waals surface area contributed by atoms with Crippen molar-refractivity contribution in [1.29, 1.82) is 5.26 Å². The van der Waals surface area contributed by atoms with Gasteiger partial charge in [0.2, 0.25) is 5.13 Å². The highest BCUT2D eigenvalue weighted by Gasteiger charge is 2.42. The summed E-state index contributed by atoms with van der Waals surface area (Å²) < 4.78 is 20.3. The highest BCUT2D eigenvalue weighted by atomic mass is 35.5. The van der Waals surface area contributed by atoms with Gasteiger partial charge in [-0.15, -0.1) is 10.2 Å². The molecular formula is C22H19ClFN5O3S2. The molecule has 0 fully saturated rings. The molecule has 0 amide bonds. The molecule has 8 nitrogen and oxygen atoms in total. The number of nitrogens with two attached hydrogens (primary N) is 1. The van der Waals surface area contributed by atoms with E-state index >= 15 is 0 Å². The van der Waals surface area contributed by atoms with E-state index in [2.05, 4.69) is 16.3 Å². The van der Waals surface area contributed by atoms with E-state index in [0.29, 0.717) is 33.6 Å². The topological polar surface area (TPSA) is 122 Å². The molecule has 0 saturated carbocycles. The molecule has 0 bridgehead atoms. The number of halogens is 2. The molecule has 1 atom stereocenters. The maximum atomic E-state index is 14.9. The van der Waals surface area contributed by atoms with Gasteiger partial charge >= 0.3 is 5.97 Å². The maximum absolute atomic E-state index is 14.9. The quantitative estimate of drug-likeness (QED) is 0.439. The lowest BCUT2D eigenvalue weighted by Crippen LogP contribution is -2.39. The van der Waals surface area contributed by atoms with Crippen LogP contribution in [0.15, 0.2) is 45.2 Å². The van der Waals surface area contributed by atoms with Crippen LogP contribution in [0, 0.1) is 17.1 Å². The fraction of sp³-hybridized carbons (Fsp3) is 0.318. The molecule has 1 aliphatic heterocycles. The fourth-order valence-corrected chi connectivity index (χ4v) is 6.01. The number of aromatic nitrogens is 2. The fourth-order valence-electron chi connectivity index (χ4n) is 4.05. The van der Waals surface area contributed by atoms with Crippen molar-refractivity contribution in [2.24, 2.45) is 5.73 Å². The van der Waals surface area contributed by atoms with Crippen LogP contribution in [0.1, 0.15) is 37.7 Å². The van der Waals surface area contributed by atoms with Crippen LogP contribution in [-0.4, -0.2) is 34.3 Å². The second-order valence-corrected chi connectivity index (χ2v) is 9.98. The van der Waals surface area contributed by atoms with E-state index in [1.807, 2.05) is 0 Å². The van der Waals surface area contributed by atoms with Crippen LogP contribution in [0.4, 0.5) is 9.52 Å². The molecule has 12 heteroatoms. The number of nitriles is 1. The molecule has 2 heterocycles. The molecule has 0 saturated heterocycles. The molecular weight excluding hydrogens is 501 g/mol. The lowest BCUT2D eigenvalue weighted by molar-refractivity contribution is -0.139. The van der Waals surface area contributed by atoms with Crippen LogP contribution in [0.3, 0.4) is 0 Å². The number of ether oxygens (including phenoxy) is 1. The van der Waals surface area contributed by atoms with E-state index in [4.69, 9.17) is 22.1 Å². The monoisotopic (exact) mass is 519 g/mol. The summed E-state index contributed by atoms with van der Waals surface area (Å²) in [4.78, 5) is 26.3. The standard InChI is InChI=1S/C22H19ClFN5O3S2/c1-2-32-16(31)10-33-22-28-27-21(34-22)29-14-7-4-8-15(30)19(14)17(11(9-25)20(29)26)18-12(23)5-3-6-13(18)24/h3,5-6,17H,2,4,7-8,10,26H2,1H3. The number of hydrogen-bond donors (Lipinski definition) is 1. The van der Waals surface area contributed by atoms with Gasteiger partial charge in [0.1, 0.15) is 11.6 Å². The third-order valence-electron chi connectivity index (χ3n) is 5.41. The Hall–Kier alpha value is -2.94. The average Bonchev–Trinajstić information content (AvgIpc) is 3.26. The van der Waals surface area contributed by atoms with Crippen LogP contribution in [-0.2, 0) is 14.3 Å². The van der Waals surface area contributed by atoms with E-state index < -0.39 is 11.7 Å². The van der Waals surface area contributed by atoms with Crippen LogP contribution in [0.2, 0.25) is 5.02 Å². The lowest BCUT2D eigenvalue weighted by atomic mass is 9.75. The van der Waals surface area contributed by atoms with Crippen molar-refractivity contribution in [3.63, 3.8) is 0 Å². The van der Waals surface area contributed by atoms with Crippen LogP contribution in [0.5, 0.6) is 0 Å². The van der Waals surface area contributed by atoms with Crippen molar-refractivity contribution < 1.29 is 18.7 Å². The minimum Gasteiger partial charge on any atom is -0.465 e. The first-order chi connectivity index (χ1) is 16.4. The Balaban J connectivity index is 1.80. The number of anilines is 1. The minimum absolute atomic E-state index is 0.0110. The van der Waals surface area contributed by atoms with Gasteiger partial charge in [0.05, 0.1) is 29.9 Å². The first-order valence-electron chi connectivity index (χ1n) is 10.4. The number of nitrogens with zero attached hydrogens (tertiary/aromatic N) is 4. The van der Waals surface area contributed by atoms with Crippen LogP contribution in [0.25, 0.3) is 0 Å². The maximum Gasteiger partial charge on any atom is 0.316 e. The van der Waals surface area contributed by atoms with Gasteiger partial charge in [-0.25, -0.2) is 4.39 Å².